The van der Waals surface area contributed by atoms with Crippen LogP contribution in [-0.2, 0) is 16.4 Å². The number of nitrogens with one attached hydrogen (secondary N) is 2. The normalized spacial score (nSPS) is 11.2. The van der Waals surface area contributed by atoms with Crippen LogP contribution in [-0.4, -0.2) is 50.0 Å². The number of anilines is 3. The van der Waals surface area contributed by atoms with Crippen LogP contribution in [0.2, 0.25) is 0 Å². The summed E-state index contributed by atoms with van der Waals surface area (Å²) in [4.78, 5) is 32.5. The fourth-order valence-electron chi connectivity index (χ4n) is 3.93. The first-order chi connectivity index (χ1) is 17.6. The van der Waals surface area contributed by atoms with Crippen LogP contribution < -0.4 is 19.7 Å². The quantitative estimate of drug-likeness (QED) is 0.364. The van der Waals surface area contributed by atoms with Crippen molar-refractivity contribution in [3.8, 4) is 5.75 Å². The molecule has 2 amide bonds. The number of benzene rings is 2. The molecular formula is C26H27N5O5S. The lowest BCUT2D eigenvalue weighted by Crippen LogP contribution is -2.28. The molecular weight excluding hydrogens is 494 g/mol. The van der Waals surface area contributed by atoms with Crippen molar-refractivity contribution in [3.05, 3.63) is 83.7 Å². The summed E-state index contributed by atoms with van der Waals surface area (Å²) in [6.45, 7) is 1.94. The molecule has 37 heavy (non-hydrogen) atoms. The minimum absolute atomic E-state index is 0.250. The summed E-state index contributed by atoms with van der Waals surface area (Å²) in [6.07, 6.45) is 3.26. The van der Waals surface area contributed by atoms with E-state index >= 15 is 0 Å². The van der Waals surface area contributed by atoms with Crippen LogP contribution >= 0.6 is 0 Å². The third-order valence-electron chi connectivity index (χ3n) is 5.62. The average Bonchev–Trinajstić information content (AvgIpc) is 3.25. The number of fused-ring (bicyclic) bond motifs is 1. The second-order valence-corrected chi connectivity index (χ2v) is 10.1. The Hall–Kier alpha value is -4.38. The van der Waals surface area contributed by atoms with E-state index in [1.54, 1.807) is 72.2 Å². The van der Waals surface area contributed by atoms with Crippen LogP contribution in [0.5, 0.6) is 5.75 Å². The third-order valence-corrected chi connectivity index (χ3v) is 6.23. The monoisotopic (exact) mass is 521 g/mol. The number of rotatable bonds is 8. The number of aromatic nitrogens is 2. The van der Waals surface area contributed by atoms with Gasteiger partial charge in [-0.3, -0.25) is 23.6 Å². The summed E-state index contributed by atoms with van der Waals surface area (Å²) >= 11 is 0. The minimum Gasteiger partial charge on any atom is -0.497 e. The van der Waals surface area contributed by atoms with Gasteiger partial charge >= 0.3 is 0 Å². The molecule has 11 heteroatoms. The Morgan fingerprint density at radius 1 is 1.03 bits per heavy atom. The number of aryl methyl sites for hydroxylation is 1. The smallest absolute Gasteiger partial charge is 0.259 e. The fraction of sp³-hybridized carbons (Fsp3) is 0.192. The van der Waals surface area contributed by atoms with Crippen molar-refractivity contribution in [3.63, 3.8) is 0 Å². The van der Waals surface area contributed by atoms with Crippen molar-refractivity contribution in [1.29, 1.82) is 0 Å². The highest BCUT2D eigenvalue weighted by molar-refractivity contribution is 7.92. The Morgan fingerprint density at radius 3 is 2.46 bits per heavy atom. The van der Waals surface area contributed by atoms with Gasteiger partial charge in [-0.2, -0.15) is 0 Å². The van der Waals surface area contributed by atoms with E-state index in [2.05, 4.69) is 15.0 Å². The lowest BCUT2D eigenvalue weighted by Gasteiger charge is -2.19. The van der Waals surface area contributed by atoms with Gasteiger partial charge in [-0.05, 0) is 55.0 Å². The van der Waals surface area contributed by atoms with E-state index in [1.165, 1.54) is 18.1 Å². The predicted octanol–water partition coefficient (Wildman–Crippen LogP) is 3.81. The van der Waals surface area contributed by atoms with Crippen molar-refractivity contribution >= 4 is 44.7 Å². The molecule has 0 bridgehead atoms. The van der Waals surface area contributed by atoms with Gasteiger partial charge in [0.05, 0.1) is 30.3 Å². The van der Waals surface area contributed by atoms with Gasteiger partial charge in [-0.1, -0.05) is 19.1 Å². The van der Waals surface area contributed by atoms with Gasteiger partial charge in [0.1, 0.15) is 17.2 Å². The maximum atomic E-state index is 13.3. The molecule has 0 aliphatic rings. The maximum Gasteiger partial charge on any atom is 0.259 e. The molecule has 0 atom stereocenters. The van der Waals surface area contributed by atoms with E-state index in [0.717, 1.165) is 6.26 Å². The van der Waals surface area contributed by atoms with Crippen LogP contribution in [0.1, 0.15) is 33.3 Å². The summed E-state index contributed by atoms with van der Waals surface area (Å²) in [6, 6.07) is 16.6. The minimum atomic E-state index is -3.46. The molecule has 0 unspecified atom stereocenters. The highest BCUT2D eigenvalue weighted by Crippen LogP contribution is 2.26. The molecule has 0 aliphatic carbocycles. The highest BCUT2D eigenvalue weighted by Gasteiger charge is 2.22. The molecule has 0 radical (unpaired) electrons. The van der Waals surface area contributed by atoms with Crippen LogP contribution in [0.3, 0.4) is 0 Å². The number of amides is 2. The summed E-state index contributed by atoms with van der Waals surface area (Å²) in [5, 5.41) is 2.78. The van der Waals surface area contributed by atoms with E-state index < -0.39 is 15.9 Å². The van der Waals surface area contributed by atoms with E-state index in [9.17, 15) is 18.0 Å². The van der Waals surface area contributed by atoms with Crippen LogP contribution in [0.25, 0.3) is 5.65 Å². The fourth-order valence-corrected chi connectivity index (χ4v) is 4.49. The molecule has 4 rings (SSSR count). The highest BCUT2D eigenvalue weighted by atomic mass is 32.2. The first-order valence-electron chi connectivity index (χ1n) is 11.4. The Morgan fingerprint density at radius 2 is 1.76 bits per heavy atom. The first kappa shape index (κ1) is 25.7. The lowest BCUT2D eigenvalue weighted by atomic mass is 10.2. The Kier molecular flexibility index (Phi) is 7.16. The number of ether oxygens (including phenoxy) is 1. The van der Waals surface area contributed by atoms with Gasteiger partial charge in [-0.15, -0.1) is 0 Å². The maximum absolute atomic E-state index is 13.3. The second kappa shape index (κ2) is 10.3. The molecule has 2 heterocycles. The summed E-state index contributed by atoms with van der Waals surface area (Å²) in [5.74, 6) is 0.473. The number of pyridine rings is 1. The van der Waals surface area contributed by atoms with E-state index in [-0.39, 0.29) is 5.91 Å². The zero-order valence-corrected chi connectivity index (χ0v) is 21.7. The molecule has 2 aromatic carbocycles. The third kappa shape index (κ3) is 5.72. The Balaban J connectivity index is 1.66. The van der Waals surface area contributed by atoms with Crippen LogP contribution in [0.4, 0.5) is 17.2 Å². The van der Waals surface area contributed by atoms with Gasteiger partial charge in [0.2, 0.25) is 10.0 Å². The number of methoxy groups -OCH3 is 1. The van der Waals surface area contributed by atoms with Gasteiger partial charge < -0.3 is 10.1 Å². The molecule has 0 fully saturated rings. The van der Waals surface area contributed by atoms with Gasteiger partial charge in [0.25, 0.3) is 11.8 Å². The lowest BCUT2D eigenvalue weighted by molar-refractivity contribution is 0.0990. The molecule has 0 saturated carbocycles. The summed E-state index contributed by atoms with van der Waals surface area (Å²) < 4.78 is 32.4. The zero-order chi connectivity index (χ0) is 26.7. The van der Waals surface area contributed by atoms with Crippen LogP contribution in [0, 0.1) is 0 Å². The Bertz CT molecular complexity index is 1600. The number of carbonyl (C=O) groups is 2. The molecule has 2 aromatic heterocycles. The van der Waals surface area contributed by atoms with Crippen molar-refractivity contribution in [2.45, 2.75) is 13.3 Å². The number of sulfonamides is 1. The van der Waals surface area contributed by atoms with E-state index in [4.69, 9.17) is 4.74 Å². The molecule has 0 spiro atoms. The van der Waals surface area contributed by atoms with Gasteiger partial charge in [-0.25, -0.2) is 13.4 Å². The Labute approximate surface area is 214 Å². The van der Waals surface area contributed by atoms with Gasteiger partial charge in [0, 0.05) is 24.5 Å². The SMILES string of the molecule is CCc1nc2ccc(C(=O)Nc3cccc(NS(C)(=O)=O)c3)cn2c1N(C)C(=O)c1cccc(OC)c1. The second-order valence-electron chi connectivity index (χ2n) is 8.39. The average molecular weight is 522 g/mol. The number of hydrogen-bond donors (Lipinski definition) is 2. The molecule has 192 valence electrons. The molecule has 2 N–H and O–H groups in total. The van der Waals surface area contributed by atoms with Gasteiger partial charge in [0.15, 0.2) is 0 Å². The molecule has 0 saturated heterocycles. The summed E-state index contributed by atoms with van der Waals surface area (Å²) in [7, 11) is -0.252. The van der Waals surface area contributed by atoms with Crippen molar-refractivity contribution in [2.24, 2.45) is 0 Å². The van der Waals surface area contributed by atoms with Crippen LogP contribution in [0.15, 0.2) is 66.9 Å². The van der Waals surface area contributed by atoms with Crippen molar-refractivity contribution < 1.29 is 22.7 Å². The number of hydrogen-bond acceptors (Lipinski definition) is 6. The first-order valence-corrected chi connectivity index (χ1v) is 13.3. The number of nitrogens with zero attached hydrogens (tertiary/aromatic N) is 3. The summed E-state index contributed by atoms with van der Waals surface area (Å²) in [5.41, 5.74) is 2.83. The zero-order valence-electron chi connectivity index (χ0n) is 20.8. The number of imidazole rings is 1. The predicted molar refractivity (Wildman–Crippen MR) is 143 cm³/mol. The molecule has 4 aromatic rings. The molecule has 10 nitrogen and oxygen atoms in total. The molecule has 0 aliphatic heterocycles. The van der Waals surface area contributed by atoms with E-state index in [0.29, 0.717) is 51.8 Å². The standard InChI is InChI=1S/C26H27N5O5S/c1-5-22-25(30(2)26(33)17-8-6-11-21(14-17)36-3)31-16-18(12-13-23(31)28-22)24(32)27-19-9-7-10-20(15-19)29-37(4,34)35/h6-16,29H,5H2,1-4H3,(H,27,32). The largest absolute Gasteiger partial charge is 0.497 e. The van der Waals surface area contributed by atoms with E-state index in [1.807, 2.05) is 6.92 Å². The van der Waals surface area contributed by atoms with Crippen molar-refractivity contribution in [2.75, 3.05) is 35.4 Å². The number of carbonyl (C=O) groups excluding carboxylic acids is 2. The topological polar surface area (TPSA) is 122 Å². The van der Waals surface area contributed by atoms with Crippen molar-refractivity contribution in [1.82, 2.24) is 9.38 Å².